The molecular weight excluding hydrogens is 288 g/mol. The van der Waals surface area contributed by atoms with E-state index in [2.05, 4.69) is 4.90 Å². The van der Waals surface area contributed by atoms with Gasteiger partial charge >= 0.3 is 0 Å². The lowest BCUT2D eigenvalue weighted by Gasteiger charge is -2.36. The number of rotatable bonds is 4. The summed E-state index contributed by atoms with van der Waals surface area (Å²) >= 11 is 6.25. The van der Waals surface area contributed by atoms with Crippen molar-refractivity contribution in [2.24, 2.45) is 5.73 Å². The SMILES string of the molecule is NCCC1CCCCN1Cc1cc(Cl)cc2c1OCOC2. The zero-order chi connectivity index (χ0) is 14.7. The predicted octanol–water partition coefficient (Wildman–Crippen LogP) is 2.91. The van der Waals surface area contributed by atoms with Crippen LogP contribution in [0.2, 0.25) is 5.02 Å². The lowest BCUT2D eigenvalue weighted by Crippen LogP contribution is -2.40. The second-order valence-corrected chi connectivity index (χ2v) is 6.30. The van der Waals surface area contributed by atoms with Gasteiger partial charge in [-0.2, -0.15) is 0 Å². The van der Waals surface area contributed by atoms with Gasteiger partial charge in [0.1, 0.15) is 5.75 Å². The number of nitrogens with zero attached hydrogens (tertiary/aromatic N) is 1. The van der Waals surface area contributed by atoms with E-state index in [9.17, 15) is 0 Å². The summed E-state index contributed by atoms with van der Waals surface area (Å²) in [5, 5.41) is 0.755. The van der Waals surface area contributed by atoms with E-state index in [-0.39, 0.29) is 0 Å². The number of halogens is 1. The van der Waals surface area contributed by atoms with E-state index in [1.807, 2.05) is 12.1 Å². The van der Waals surface area contributed by atoms with Crippen LogP contribution in [0.3, 0.4) is 0 Å². The van der Waals surface area contributed by atoms with Crippen molar-refractivity contribution in [2.75, 3.05) is 19.9 Å². The Bertz CT molecular complexity index is 493. The number of piperidine rings is 1. The second kappa shape index (κ2) is 6.97. The molecule has 1 aromatic rings. The summed E-state index contributed by atoms with van der Waals surface area (Å²) in [6, 6.07) is 4.55. The van der Waals surface area contributed by atoms with Crippen molar-refractivity contribution in [2.45, 2.75) is 44.9 Å². The number of hydrogen-bond acceptors (Lipinski definition) is 4. The van der Waals surface area contributed by atoms with Gasteiger partial charge in [-0.1, -0.05) is 18.0 Å². The smallest absolute Gasteiger partial charge is 0.189 e. The van der Waals surface area contributed by atoms with Crippen LogP contribution in [0.5, 0.6) is 5.75 Å². The molecule has 1 fully saturated rings. The van der Waals surface area contributed by atoms with Gasteiger partial charge in [0.15, 0.2) is 6.79 Å². The summed E-state index contributed by atoms with van der Waals surface area (Å²) < 4.78 is 11.1. The van der Waals surface area contributed by atoms with Gasteiger partial charge in [-0.3, -0.25) is 4.90 Å². The number of hydrogen-bond donors (Lipinski definition) is 1. The van der Waals surface area contributed by atoms with Gasteiger partial charge in [-0.15, -0.1) is 0 Å². The van der Waals surface area contributed by atoms with Crippen LogP contribution in [0.1, 0.15) is 36.8 Å². The third-order valence-corrected chi connectivity index (χ3v) is 4.59. The molecule has 2 aliphatic heterocycles. The molecule has 2 aliphatic rings. The molecule has 0 saturated carbocycles. The maximum Gasteiger partial charge on any atom is 0.189 e. The van der Waals surface area contributed by atoms with Gasteiger partial charge in [0, 0.05) is 28.7 Å². The molecule has 0 radical (unpaired) electrons. The minimum atomic E-state index is 0.327. The molecule has 3 rings (SSSR count). The number of nitrogens with two attached hydrogens (primary N) is 1. The first-order chi connectivity index (χ1) is 10.3. The van der Waals surface area contributed by atoms with Crippen molar-refractivity contribution < 1.29 is 9.47 Å². The van der Waals surface area contributed by atoms with Crippen LogP contribution in [0.4, 0.5) is 0 Å². The van der Waals surface area contributed by atoms with Gasteiger partial charge in [0.2, 0.25) is 0 Å². The molecular formula is C16H23ClN2O2. The maximum atomic E-state index is 6.25. The monoisotopic (exact) mass is 310 g/mol. The summed E-state index contributed by atoms with van der Waals surface area (Å²) in [5.74, 6) is 0.961. The van der Waals surface area contributed by atoms with Crippen LogP contribution < -0.4 is 10.5 Å². The van der Waals surface area contributed by atoms with E-state index < -0.39 is 0 Å². The van der Waals surface area contributed by atoms with E-state index in [4.69, 9.17) is 26.8 Å². The number of likely N-dealkylation sites (tertiary alicyclic amines) is 1. The Morgan fingerprint density at radius 3 is 3.10 bits per heavy atom. The zero-order valence-corrected chi connectivity index (χ0v) is 13.1. The first-order valence-electron chi connectivity index (χ1n) is 7.74. The minimum absolute atomic E-state index is 0.327. The van der Waals surface area contributed by atoms with Crippen LogP contribution in [0.15, 0.2) is 12.1 Å². The average molecular weight is 311 g/mol. The Balaban J connectivity index is 1.81. The van der Waals surface area contributed by atoms with Gasteiger partial charge in [-0.25, -0.2) is 0 Å². The fraction of sp³-hybridized carbons (Fsp3) is 0.625. The van der Waals surface area contributed by atoms with E-state index in [1.54, 1.807) is 0 Å². The molecule has 2 N–H and O–H groups in total. The lowest BCUT2D eigenvalue weighted by molar-refractivity contribution is -0.0177. The molecule has 1 atom stereocenters. The fourth-order valence-corrected chi connectivity index (χ4v) is 3.64. The van der Waals surface area contributed by atoms with E-state index in [0.717, 1.165) is 42.4 Å². The molecule has 5 heteroatoms. The average Bonchev–Trinajstić information content (AvgIpc) is 2.49. The summed E-state index contributed by atoms with van der Waals surface area (Å²) in [5.41, 5.74) is 7.98. The van der Waals surface area contributed by atoms with Crippen LogP contribution >= 0.6 is 11.6 Å². The summed E-state index contributed by atoms with van der Waals surface area (Å²) in [7, 11) is 0. The van der Waals surface area contributed by atoms with Crippen LogP contribution in [0, 0.1) is 0 Å². The zero-order valence-electron chi connectivity index (χ0n) is 12.3. The highest BCUT2D eigenvalue weighted by atomic mass is 35.5. The van der Waals surface area contributed by atoms with Gasteiger partial charge in [-0.05, 0) is 44.5 Å². The molecule has 116 valence electrons. The fourth-order valence-electron chi connectivity index (χ4n) is 3.38. The third-order valence-electron chi connectivity index (χ3n) is 4.37. The normalized spacial score (nSPS) is 22.7. The Morgan fingerprint density at radius 1 is 1.33 bits per heavy atom. The number of ether oxygens (including phenoxy) is 2. The molecule has 0 spiro atoms. The Morgan fingerprint density at radius 2 is 2.24 bits per heavy atom. The highest BCUT2D eigenvalue weighted by molar-refractivity contribution is 6.30. The van der Waals surface area contributed by atoms with Crippen LogP contribution in [-0.2, 0) is 17.9 Å². The molecule has 2 heterocycles. The van der Waals surface area contributed by atoms with Gasteiger partial charge < -0.3 is 15.2 Å². The van der Waals surface area contributed by atoms with Crippen LogP contribution in [-0.4, -0.2) is 30.8 Å². The third kappa shape index (κ3) is 3.51. The molecule has 0 aromatic heterocycles. The standard InChI is InChI=1S/C16H23ClN2O2/c17-14-7-12(16-13(8-14)10-20-11-21-16)9-19-6-2-1-3-15(19)4-5-18/h7-8,15H,1-6,9-11,18H2. The van der Waals surface area contributed by atoms with Gasteiger partial charge in [0.25, 0.3) is 0 Å². The highest BCUT2D eigenvalue weighted by Crippen LogP contribution is 2.33. The van der Waals surface area contributed by atoms with Crippen LogP contribution in [0.25, 0.3) is 0 Å². The van der Waals surface area contributed by atoms with Crippen molar-refractivity contribution in [1.82, 2.24) is 4.90 Å². The lowest BCUT2D eigenvalue weighted by atomic mass is 9.98. The van der Waals surface area contributed by atoms with Crippen molar-refractivity contribution >= 4 is 11.6 Å². The quantitative estimate of drug-likeness (QED) is 0.929. The van der Waals surface area contributed by atoms with E-state index in [0.29, 0.717) is 19.4 Å². The van der Waals surface area contributed by atoms with Gasteiger partial charge in [0.05, 0.1) is 6.61 Å². The molecule has 4 nitrogen and oxygen atoms in total. The molecule has 0 amide bonds. The van der Waals surface area contributed by atoms with E-state index >= 15 is 0 Å². The topological polar surface area (TPSA) is 47.7 Å². The largest absolute Gasteiger partial charge is 0.467 e. The van der Waals surface area contributed by atoms with Crippen molar-refractivity contribution in [3.8, 4) is 5.75 Å². The Hall–Kier alpha value is -0.810. The summed E-state index contributed by atoms with van der Waals surface area (Å²) in [6.07, 6.45) is 4.86. The molecule has 0 aliphatic carbocycles. The predicted molar refractivity (Wildman–Crippen MR) is 83.5 cm³/mol. The Kier molecular flexibility index (Phi) is 5.01. The molecule has 1 saturated heterocycles. The molecule has 21 heavy (non-hydrogen) atoms. The first-order valence-corrected chi connectivity index (χ1v) is 8.11. The van der Waals surface area contributed by atoms with Crippen molar-refractivity contribution in [3.05, 3.63) is 28.3 Å². The summed E-state index contributed by atoms with van der Waals surface area (Å²) in [6.45, 7) is 3.66. The summed E-state index contributed by atoms with van der Waals surface area (Å²) in [4.78, 5) is 2.53. The first kappa shape index (κ1) is 15.1. The number of fused-ring (bicyclic) bond motifs is 1. The minimum Gasteiger partial charge on any atom is -0.467 e. The van der Waals surface area contributed by atoms with E-state index in [1.165, 1.54) is 24.8 Å². The maximum absolute atomic E-state index is 6.25. The molecule has 1 unspecified atom stereocenters. The molecule has 1 aromatic carbocycles. The second-order valence-electron chi connectivity index (χ2n) is 5.86. The van der Waals surface area contributed by atoms with Crippen molar-refractivity contribution in [1.29, 1.82) is 0 Å². The molecule has 0 bridgehead atoms. The van der Waals surface area contributed by atoms with Crippen molar-refractivity contribution in [3.63, 3.8) is 0 Å². The Labute approximate surface area is 131 Å². The number of benzene rings is 1. The highest BCUT2D eigenvalue weighted by Gasteiger charge is 2.24.